The van der Waals surface area contributed by atoms with E-state index in [1.165, 1.54) is 0 Å². The highest BCUT2D eigenvalue weighted by Crippen LogP contribution is 2.11. The number of amides is 1. The molecule has 1 amide bonds. The lowest BCUT2D eigenvalue weighted by Crippen LogP contribution is -2.45. The van der Waals surface area contributed by atoms with Gasteiger partial charge in [-0.1, -0.05) is 24.8 Å². The largest absolute Gasteiger partial charge is 0.480 e. The minimum Gasteiger partial charge on any atom is -0.480 e. The predicted molar refractivity (Wildman–Crippen MR) is 63.0 cm³/mol. The fraction of sp³-hybridized carbons (Fsp3) is 0.600. The molecular weight excluding hydrogens is 242 g/mol. The Kier molecular flexibility index (Phi) is 4.56. The summed E-state index contributed by atoms with van der Waals surface area (Å²) in [5, 5.41) is 15.2. The van der Waals surface area contributed by atoms with Crippen molar-refractivity contribution in [1.82, 2.24) is 14.9 Å². The molecule has 0 saturated heterocycles. The number of carboxylic acids is 1. The molecule has 0 radical (unpaired) electrons. The fourth-order valence-electron chi connectivity index (χ4n) is 1.33. The normalized spacial score (nSPS) is 14.1. The van der Waals surface area contributed by atoms with Crippen molar-refractivity contribution in [3.8, 4) is 0 Å². The smallest absolute Gasteiger partial charge is 0.326 e. The van der Waals surface area contributed by atoms with Gasteiger partial charge in [-0.15, -0.1) is 5.10 Å². The maximum absolute atomic E-state index is 11.8. The van der Waals surface area contributed by atoms with Gasteiger partial charge in [0.15, 0.2) is 5.69 Å². The third-order valence-corrected chi connectivity index (χ3v) is 3.26. The van der Waals surface area contributed by atoms with E-state index in [-0.39, 0.29) is 11.6 Å². The first-order valence-electron chi connectivity index (χ1n) is 5.30. The molecule has 94 valence electrons. The number of aromatic nitrogens is 2. The van der Waals surface area contributed by atoms with Crippen LogP contribution in [0.2, 0.25) is 0 Å². The van der Waals surface area contributed by atoms with Crippen LogP contribution in [-0.4, -0.2) is 32.6 Å². The van der Waals surface area contributed by atoms with Gasteiger partial charge >= 0.3 is 5.97 Å². The highest BCUT2D eigenvalue weighted by molar-refractivity contribution is 7.05. The Labute approximate surface area is 103 Å². The summed E-state index contributed by atoms with van der Waals surface area (Å²) in [6.45, 7) is 5.38. The molecule has 1 aromatic rings. The second kappa shape index (κ2) is 5.72. The van der Waals surface area contributed by atoms with Gasteiger partial charge in [-0.2, -0.15) is 0 Å². The molecule has 0 spiro atoms. The first-order chi connectivity index (χ1) is 7.97. The van der Waals surface area contributed by atoms with Crippen LogP contribution in [0.15, 0.2) is 0 Å². The van der Waals surface area contributed by atoms with E-state index in [9.17, 15) is 9.59 Å². The molecule has 0 aromatic carbocycles. The highest BCUT2D eigenvalue weighted by Gasteiger charge is 2.27. The van der Waals surface area contributed by atoms with Crippen molar-refractivity contribution in [3.05, 3.63) is 10.6 Å². The zero-order valence-electron chi connectivity index (χ0n) is 9.93. The van der Waals surface area contributed by atoms with E-state index in [4.69, 9.17) is 5.11 Å². The number of rotatable bonds is 5. The van der Waals surface area contributed by atoms with E-state index in [1.54, 1.807) is 13.8 Å². The van der Waals surface area contributed by atoms with Crippen molar-refractivity contribution >= 4 is 23.4 Å². The van der Waals surface area contributed by atoms with Crippen molar-refractivity contribution in [2.45, 2.75) is 33.2 Å². The van der Waals surface area contributed by atoms with Crippen molar-refractivity contribution in [3.63, 3.8) is 0 Å². The summed E-state index contributed by atoms with van der Waals surface area (Å²) in [5.74, 6) is -1.65. The Hall–Kier alpha value is -1.50. The van der Waals surface area contributed by atoms with Crippen LogP contribution in [0, 0.1) is 12.8 Å². The molecule has 0 fully saturated rings. The average molecular weight is 257 g/mol. The summed E-state index contributed by atoms with van der Waals surface area (Å²) in [4.78, 5) is 23.5. The lowest BCUT2D eigenvalue weighted by atomic mass is 9.99. The van der Waals surface area contributed by atoms with Crippen molar-refractivity contribution in [2.75, 3.05) is 0 Å². The van der Waals surface area contributed by atoms with Crippen LogP contribution < -0.4 is 5.32 Å². The third kappa shape index (κ3) is 3.23. The molecule has 1 rings (SSSR count). The molecule has 0 aliphatic rings. The summed E-state index contributed by atoms with van der Waals surface area (Å²) >= 11 is 1.11. The molecule has 7 heteroatoms. The number of nitrogens with one attached hydrogen (secondary N) is 1. The molecule has 6 nitrogen and oxygen atoms in total. The van der Waals surface area contributed by atoms with E-state index in [0.717, 1.165) is 11.5 Å². The molecule has 0 aliphatic heterocycles. The topological polar surface area (TPSA) is 92.2 Å². The molecule has 0 unspecified atom stereocenters. The van der Waals surface area contributed by atoms with E-state index < -0.39 is 17.9 Å². The van der Waals surface area contributed by atoms with Crippen molar-refractivity contribution in [2.24, 2.45) is 5.92 Å². The van der Waals surface area contributed by atoms with Gasteiger partial charge in [-0.25, -0.2) is 4.79 Å². The van der Waals surface area contributed by atoms with E-state index >= 15 is 0 Å². The van der Waals surface area contributed by atoms with Gasteiger partial charge < -0.3 is 10.4 Å². The molecule has 2 N–H and O–H groups in total. The van der Waals surface area contributed by atoms with Gasteiger partial charge in [0.05, 0.1) is 4.88 Å². The highest BCUT2D eigenvalue weighted by atomic mass is 32.1. The maximum Gasteiger partial charge on any atom is 0.326 e. The quantitative estimate of drug-likeness (QED) is 0.823. The molecule has 0 bridgehead atoms. The molecule has 0 aliphatic carbocycles. The minimum atomic E-state index is -1.03. The summed E-state index contributed by atoms with van der Waals surface area (Å²) in [7, 11) is 0. The average Bonchev–Trinajstić information content (AvgIpc) is 2.70. The van der Waals surface area contributed by atoms with Gasteiger partial charge in [0, 0.05) is 0 Å². The summed E-state index contributed by atoms with van der Waals surface area (Å²) in [6, 6.07) is -0.895. The van der Waals surface area contributed by atoms with Gasteiger partial charge in [-0.3, -0.25) is 4.79 Å². The molecule has 0 saturated carbocycles. The standard InChI is InChI=1S/C10H15N3O3S/c1-4-5(2)7(10(15)16)11-9(14)8-6(3)17-13-12-8/h5,7H,4H2,1-3H3,(H,11,14)(H,15,16)/t5-,7-/m0/s1. The van der Waals surface area contributed by atoms with Crippen LogP contribution in [-0.2, 0) is 4.79 Å². The third-order valence-electron chi connectivity index (χ3n) is 2.63. The van der Waals surface area contributed by atoms with Crippen LogP contribution in [0.4, 0.5) is 0 Å². The Morgan fingerprint density at radius 2 is 2.18 bits per heavy atom. The number of aryl methyl sites for hydroxylation is 1. The minimum absolute atomic E-state index is 0.136. The number of hydrogen-bond donors (Lipinski definition) is 2. The number of carboxylic acid groups (broad SMARTS) is 1. The Morgan fingerprint density at radius 1 is 1.53 bits per heavy atom. The zero-order chi connectivity index (χ0) is 13.0. The zero-order valence-corrected chi connectivity index (χ0v) is 10.7. The predicted octanol–water partition coefficient (Wildman–Crippen LogP) is 1.08. The Bertz CT molecular complexity index is 419. The molecule has 17 heavy (non-hydrogen) atoms. The Morgan fingerprint density at radius 3 is 2.59 bits per heavy atom. The van der Waals surface area contributed by atoms with Crippen LogP contribution in [0.3, 0.4) is 0 Å². The monoisotopic (exact) mass is 257 g/mol. The second-order valence-corrected chi connectivity index (χ2v) is 4.81. The van der Waals surface area contributed by atoms with E-state index in [2.05, 4.69) is 14.9 Å². The lowest BCUT2D eigenvalue weighted by molar-refractivity contribution is -0.140. The van der Waals surface area contributed by atoms with E-state index in [1.807, 2.05) is 6.92 Å². The number of carbonyl (C=O) groups excluding carboxylic acids is 1. The summed E-state index contributed by atoms with van der Waals surface area (Å²) in [6.07, 6.45) is 0.672. The van der Waals surface area contributed by atoms with E-state index in [0.29, 0.717) is 11.3 Å². The van der Waals surface area contributed by atoms with Crippen LogP contribution in [0.25, 0.3) is 0 Å². The van der Waals surface area contributed by atoms with Gasteiger partial charge in [0.2, 0.25) is 0 Å². The second-order valence-electron chi connectivity index (χ2n) is 3.85. The van der Waals surface area contributed by atoms with Crippen LogP contribution in [0.5, 0.6) is 0 Å². The molecule has 1 heterocycles. The number of carbonyl (C=O) groups is 2. The molecule has 2 atom stereocenters. The SMILES string of the molecule is CC[C@H](C)[C@H](NC(=O)c1nnsc1C)C(=O)O. The maximum atomic E-state index is 11.8. The molecular formula is C10H15N3O3S. The first kappa shape index (κ1) is 13.6. The fourth-order valence-corrected chi connectivity index (χ4v) is 1.80. The number of aliphatic carboxylic acids is 1. The lowest BCUT2D eigenvalue weighted by Gasteiger charge is -2.19. The van der Waals surface area contributed by atoms with Crippen molar-refractivity contribution in [1.29, 1.82) is 0 Å². The number of hydrogen-bond acceptors (Lipinski definition) is 5. The van der Waals surface area contributed by atoms with Gasteiger partial charge in [0.25, 0.3) is 5.91 Å². The summed E-state index contributed by atoms with van der Waals surface area (Å²) < 4.78 is 3.64. The number of nitrogens with zero attached hydrogens (tertiary/aromatic N) is 2. The van der Waals surface area contributed by atoms with Crippen LogP contribution >= 0.6 is 11.5 Å². The first-order valence-corrected chi connectivity index (χ1v) is 6.07. The Balaban J connectivity index is 2.78. The van der Waals surface area contributed by atoms with Crippen LogP contribution in [0.1, 0.15) is 35.6 Å². The van der Waals surface area contributed by atoms with Gasteiger partial charge in [-0.05, 0) is 24.4 Å². The summed E-state index contributed by atoms with van der Waals surface area (Å²) in [5.41, 5.74) is 0.199. The molecule has 1 aromatic heterocycles. The van der Waals surface area contributed by atoms with Crippen molar-refractivity contribution < 1.29 is 14.7 Å². The van der Waals surface area contributed by atoms with Gasteiger partial charge in [0.1, 0.15) is 6.04 Å².